The SMILES string of the molecule is Cn1ccc2cc(NN)ccc2c1=O. The van der Waals surface area contributed by atoms with Crippen LogP contribution in [-0.4, -0.2) is 4.57 Å². The molecule has 1 aromatic heterocycles. The predicted octanol–water partition coefficient (Wildman–Crippen LogP) is 0.824. The molecule has 3 N–H and O–H groups in total. The van der Waals surface area contributed by atoms with Gasteiger partial charge >= 0.3 is 0 Å². The van der Waals surface area contributed by atoms with Crippen molar-refractivity contribution in [2.75, 3.05) is 5.43 Å². The third kappa shape index (κ3) is 1.25. The van der Waals surface area contributed by atoms with Gasteiger partial charge in [-0.25, -0.2) is 0 Å². The molecule has 2 rings (SSSR count). The number of aryl methyl sites for hydroxylation is 1. The van der Waals surface area contributed by atoms with Gasteiger partial charge in [-0.2, -0.15) is 0 Å². The highest BCUT2D eigenvalue weighted by Crippen LogP contribution is 2.14. The molecule has 4 nitrogen and oxygen atoms in total. The molecule has 0 atom stereocenters. The molecule has 0 spiro atoms. The lowest BCUT2D eigenvalue weighted by atomic mass is 10.1. The maximum atomic E-state index is 11.6. The third-order valence-electron chi connectivity index (χ3n) is 2.25. The number of nitrogen functional groups attached to an aromatic ring is 1. The zero-order chi connectivity index (χ0) is 10.1. The molecule has 0 amide bonds. The Morgan fingerprint density at radius 2 is 2.14 bits per heavy atom. The number of anilines is 1. The van der Waals surface area contributed by atoms with Gasteiger partial charge in [0.05, 0.1) is 0 Å². The van der Waals surface area contributed by atoms with Gasteiger partial charge in [0.2, 0.25) is 0 Å². The topological polar surface area (TPSA) is 60.1 Å². The van der Waals surface area contributed by atoms with Gasteiger partial charge in [0.15, 0.2) is 0 Å². The highest BCUT2D eigenvalue weighted by atomic mass is 16.1. The van der Waals surface area contributed by atoms with Crippen LogP contribution in [0.15, 0.2) is 35.3 Å². The minimum Gasteiger partial charge on any atom is -0.324 e. The number of hydrogen-bond donors (Lipinski definition) is 2. The van der Waals surface area contributed by atoms with E-state index in [4.69, 9.17) is 5.84 Å². The Balaban J connectivity index is 2.81. The summed E-state index contributed by atoms with van der Waals surface area (Å²) in [5, 5.41) is 1.59. The summed E-state index contributed by atoms with van der Waals surface area (Å²) in [5.41, 5.74) is 3.35. The van der Waals surface area contributed by atoms with E-state index in [1.165, 1.54) is 0 Å². The molecule has 72 valence electrons. The minimum absolute atomic E-state index is 0.00562. The molecule has 2 aromatic rings. The van der Waals surface area contributed by atoms with E-state index >= 15 is 0 Å². The maximum absolute atomic E-state index is 11.6. The Bertz CT molecular complexity index is 530. The maximum Gasteiger partial charge on any atom is 0.258 e. The number of pyridine rings is 1. The average molecular weight is 189 g/mol. The molecule has 1 aromatic carbocycles. The Hall–Kier alpha value is -1.81. The van der Waals surface area contributed by atoms with Gasteiger partial charge < -0.3 is 9.99 Å². The van der Waals surface area contributed by atoms with Crippen molar-refractivity contribution < 1.29 is 0 Å². The normalized spacial score (nSPS) is 10.4. The Labute approximate surface area is 80.9 Å². The molecular weight excluding hydrogens is 178 g/mol. The molecule has 0 saturated heterocycles. The summed E-state index contributed by atoms with van der Waals surface area (Å²) in [6.07, 6.45) is 1.74. The minimum atomic E-state index is 0.00562. The summed E-state index contributed by atoms with van der Waals surface area (Å²) in [5.74, 6) is 5.28. The standard InChI is InChI=1S/C10H11N3O/c1-13-5-4-7-6-8(12-11)2-3-9(7)10(13)14/h2-6,12H,11H2,1H3. The van der Waals surface area contributed by atoms with Crippen molar-refractivity contribution in [3.63, 3.8) is 0 Å². The van der Waals surface area contributed by atoms with Gasteiger partial charge in [0, 0.05) is 24.3 Å². The molecule has 0 fully saturated rings. The van der Waals surface area contributed by atoms with Crippen LogP contribution in [0.1, 0.15) is 0 Å². The second-order valence-corrected chi connectivity index (χ2v) is 3.18. The van der Waals surface area contributed by atoms with E-state index in [0.717, 1.165) is 11.1 Å². The van der Waals surface area contributed by atoms with Crippen molar-refractivity contribution in [2.45, 2.75) is 0 Å². The number of rotatable bonds is 1. The number of nitrogens with two attached hydrogens (primary N) is 1. The molecule has 4 heteroatoms. The van der Waals surface area contributed by atoms with Gasteiger partial charge in [0.1, 0.15) is 0 Å². The van der Waals surface area contributed by atoms with Crippen molar-refractivity contribution in [3.05, 3.63) is 40.8 Å². The van der Waals surface area contributed by atoms with Crippen molar-refractivity contribution in [1.29, 1.82) is 0 Å². The lowest BCUT2D eigenvalue weighted by molar-refractivity contribution is 0.873. The molecule has 0 unspecified atom stereocenters. The fourth-order valence-electron chi connectivity index (χ4n) is 1.43. The molecule has 0 aliphatic rings. The number of aromatic nitrogens is 1. The van der Waals surface area contributed by atoms with Crippen LogP contribution < -0.4 is 16.8 Å². The van der Waals surface area contributed by atoms with E-state index in [1.807, 2.05) is 12.1 Å². The second kappa shape index (κ2) is 3.16. The Morgan fingerprint density at radius 1 is 1.36 bits per heavy atom. The largest absolute Gasteiger partial charge is 0.324 e. The molecule has 14 heavy (non-hydrogen) atoms. The van der Waals surface area contributed by atoms with Gasteiger partial charge in [-0.1, -0.05) is 0 Å². The highest BCUT2D eigenvalue weighted by Gasteiger charge is 2.00. The summed E-state index contributed by atoms with van der Waals surface area (Å²) < 4.78 is 1.55. The molecule has 0 aliphatic heterocycles. The van der Waals surface area contributed by atoms with E-state index in [0.29, 0.717) is 5.39 Å². The molecule has 0 bridgehead atoms. The van der Waals surface area contributed by atoms with Crippen LogP contribution in [-0.2, 0) is 7.05 Å². The first-order chi connectivity index (χ1) is 6.72. The van der Waals surface area contributed by atoms with Crippen LogP contribution in [0.2, 0.25) is 0 Å². The molecular formula is C10H11N3O. The summed E-state index contributed by atoms with van der Waals surface area (Å²) >= 11 is 0. The lowest BCUT2D eigenvalue weighted by Crippen LogP contribution is -2.15. The average Bonchev–Trinajstić information content (AvgIpc) is 2.23. The first kappa shape index (κ1) is 8.77. The zero-order valence-corrected chi connectivity index (χ0v) is 7.82. The Morgan fingerprint density at radius 3 is 2.86 bits per heavy atom. The summed E-state index contributed by atoms with van der Waals surface area (Å²) in [4.78, 5) is 11.6. The zero-order valence-electron chi connectivity index (χ0n) is 7.82. The van der Waals surface area contributed by atoms with E-state index in [1.54, 1.807) is 29.9 Å². The fourth-order valence-corrected chi connectivity index (χ4v) is 1.43. The quantitative estimate of drug-likeness (QED) is 0.516. The molecule has 0 saturated carbocycles. The monoisotopic (exact) mass is 189 g/mol. The van der Waals surface area contributed by atoms with E-state index < -0.39 is 0 Å². The van der Waals surface area contributed by atoms with Crippen LogP contribution in [0, 0.1) is 0 Å². The van der Waals surface area contributed by atoms with Crippen molar-refractivity contribution >= 4 is 16.5 Å². The van der Waals surface area contributed by atoms with Crippen molar-refractivity contribution in [1.82, 2.24) is 4.57 Å². The lowest BCUT2D eigenvalue weighted by Gasteiger charge is -2.03. The molecule has 0 radical (unpaired) electrons. The van der Waals surface area contributed by atoms with Crippen molar-refractivity contribution in [3.8, 4) is 0 Å². The van der Waals surface area contributed by atoms with Crippen LogP contribution in [0.3, 0.4) is 0 Å². The van der Waals surface area contributed by atoms with Crippen LogP contribution in [0.25, 0.3) is 10.8 Å². The number of fused-ring (bicyclic) bond motifs is 1. The number of nitrogens with one attached hydrogen (secondary N) is 1. The number of hydrogen-bond acceptors (Lipinski definition) is 3. The van der Waals surface area contributed by atoms with E-state index in [-0.39, 0.29) is 5.56 Å². The highest BCUT2D eigenvalue weighted by molar-refractivity contribution is 5.84. The van der Waals surface area contributed by atoms with Crippen LogP contribution in [0.4, 0.5) is 5.69 Å². The number of benzene rings is 1. The third-order valence-corrected chi connectivity index (χ3v) is 2.25. The van der Waals surface area contributed by atoms with Gasteiger partial charge in [-0.15, -0.1) is 0 Å². The van der Waals surface area contributed by atoms with Gasteiger partial charge in [-0.05, 0) is 29.7 Å². The predicted molar refractivity (Wildman–Crippen MR) is 57.0 cm³/mol. The summed E-state index contributed by atoms with van der Waals surface area (Å²) in [7, 11) is 1.73. The van der Waals surface area contributed by atoms with E-state index in [9.17, 15) is 4.79 Å². The van der Waals surface area contributed by atoms with Gasteiger partial charge in [-0.3, -0.25) is 10.6 Å². The summed E-state index contributed by atoms with van der Waals surface area (Å²) in [6.45, 7) is 0. The first-order valence-electron chi connectivity index (χ1n) is 4.28. The molecule has 1 heterocycles. The van der Waals surface area contributed by atoms with E-state index in [2.05, 4.69) is 5.43 Å². The second-order valence-electron chi connectivity index (χ2n) is 3.18. The van der Waals surface area contributed by atoms with Crippen LogP contribution >= 0.6 is 0 Å². The van der Waals surface area contributed by atoms with Crippen molar-refractivity contribution in [2.24, 2.45) is 12.9 Å². The first-order valence-corrected chi connectivity index (χ1v) is 4.28. The molecule has 0 aliphatic carbocycles. The summed E-state index contributed by atoms with van der Waals surface area (Å²) in [6, 6.07) is 7.28. The fraction of sp³-hybridized carbons (Fsp3) is 0.100. The number of nitrogens with zero attached hydrogens (tertiary/aromatic N) is 1. The Kier molecular flexibility index (Phi) is 1.98. The smallest absolute Gasteiger partial charge is 0.258 e. The van der Waals surface area contributed by atoms with Crippen LogP contribution in [0.5, 0.6) is 0 Å². The number of hydrazine groups is 1. The van der Waals surface area contributed by atoms with Gasteiger partial charge in [0.25, 0.3) is 5.56 Å².